The smallest absolute Gasteiger partial charge is 0.267 e. The van der Waals surface area contributed by atoms with Gasteiger partial charge in [-0.25, -0.2) is 0 Å². The number of benzene rings is 1. The molecule has 1 aromatic heterocycles. The normalized spacial score (nSPS) is 20.6. The molecule has 2 aromatic rings. The second kappa shape index (κ2) is 7.21. The Bertz CT molecular complexity index is 737. The standard InChI is InChI=1S/C19H24N4O2/c1-22(16-7-9-21-17(11-16)18(20)24)13-19(25)8-10-23(14-19)12-15-5-3-2-4-6-15/h2-7,9,11,25H,8,10,12-14H2,1H3,(H2,20,24). The van der Waals surface area contributed by atoms with Gasteiger partial charge in [-0.2, -0.15) is 0 Å². The van der Waals surface area contributed by atoms with E-state index in [0.29, 0.717) is 13.1 Å². The molecule has 132 valence electrons. The third kappa shape index (κ3) is 4.35. The molecule has 1 atom stereocenters. The van der Waals surface area contributed by atoms with Crippen LogP contribution in [0.4, 0.5) is 5.69 Å². The predicted molar refractivity (Wildman–Crippen MR) is 97.3 cm³/mol. The summed E-state index contributed by atoms with van der Waals surface area (Å²) in [6, 6.07) is 13.7. The third-order valence-electron chi connectivity index (χ3n) is 4.63. The fraction of sp³-hybridized carbons (Fsp3) is 0.368. The fourth-order valence-electron chi connectivity index (χ4n) is 3.37. The van der Waals surface area contributed by atoms with Crippen molar-refractivity contribution in [1.29, 1.82) is 0 Å². The van der Waals surface area contributed by atoms with Crippen LogP contribution in [0.25, 0.3) is 0 Å². The summed E-state index contributed by atoms with van der Waals surface area (Å²) in [5.74, 6) is -0.552. The van der Waals surface area contributed by atoms with Crippen LogP contribution < -0.4 is 10.6 Å². The number of amides is 1. The van der Waals surface area contributed by atoms with Gasteiger partial charge in [0.2, 0.25) is 0 Å². The highest BCUT2D eigenvalue weighted by Crippen LogP contribution is 2.25. The van der Waals surface area contributed by atoms with Crippen molar-refractivity contribution in [2.24, 2.45) is 5.73 Å². The summed E-state index contributed by atoms with van der Waals surface area (Å²) in [7, 11) is 1.90. The van der Waals surface area contributed by atoms with Gasteiger partial charge in [0.15, 0.2) is 0 Å². The highest BCUT2D eigenvalue weighted by atomic mass is 16.3. The molecule has 1 amide bonds. The number of nitrogens with zero attached hydrogens (tertiary/aromatic N) is 3. The van der Waals surface area contributed by atoms with E-state index in [-0.39, 0.29) is 5.69 Å². The van der Waals surface area contributed by atoms with Crippen LogP contribution in [0.3, 0.4) is 0 Å². The Morgan fingerprint density at radius 1 is 1.36 bits per heavy atom. The van der Waals surface area contributed by atoms with E-state index in [1.807, 2.05) is 36.2 Å². The monoisotopic (exact) mass is 340 g/mol. The number of hydrogen-bond acceptors (Lipinski definition) is 5. The number of anilines is 1. The minimum atomic E-state index is -0.778. The van der Waals surface area contributed by atoms with Crippen molar-refractivity contribution in [3.63, 3.8) is 0 Å². The van der Waals surface area contributed by atoms with Crippen LogP contribution in [0.1, 0.15) is 22.5 Å². The first-order chi connectivity index (χ1) is 12.0. The van der Waals surface area contributed by atoms with Gasteiger partial charge in [-0.1, -0.05) is 30.3 Å². The lowest BCUT2D eigenvalue weighted by atomic mass is 10.0. The molecule has 1 aliphatic heterocycles. The average Bonchev–Trinajstić information content (AvgIpc) is 2.96. The van der Waals surface area contributed by atoms with Crippen molar-refractivity contribution < 1.29 is 9.90 Å². The van der Waals surface area contributed by atoms with Gasteiger partial charge in [0, 0.05) is 45.1 Å². The summed E-state index contributed by atoms with van der Waals surface area (Å²) in [6.07, 6.45) is 2.28. The lowest BCUT2D eigenvalue weighted by Crippen LogP contribution is -2.43. The number of aliphatic hydroxyl groups is 1. The van der Waals surface area contributed by atoms with Gasteiger partial charge in [0.05, 0.1) is 5.60 Å². The van der Waals surface area contributed by atoms with Gasteiger partial charge in [0.1, 0.15) is 5.69 Å². The summed E-state index contributed by atoms with van der Waals surface area (Å²) >= 11 is 0. The number of carbonyl (C=O) groups is 1. The Hall–Kier alpha value is -2.44. The van der Waals surface area contributed by atoms with Gasteiger partial charge in [-0.15, -0.1) is 0 Å². The zero-order valence-corrected chi connectivity index (χ0v) is 14.4. The second-order valence-corrected chi connectivity index (χ2v) is 6.79. The summed E-state index contributed by atoms with van der Waals surface area (Å²) in [5, 5.41) is 11.0. The average molecular weight is 340 g/mol. The van der Waals surface area contributed by atoms with Crippen LogP contribution in [-0.2, 0) is 6.54 Å². The molecule has 1 aliphatic rings. The molecule has 1 unspecified atom stereocenters. The maximum absolute atomic E-state index is 11.3. The maximum Gasteiger partial charge on any atom is 0.267 e. The molecule has 6 nitrogen and oxygen atoms in total. The largest absolute Gasteiger partial charge is 0.387 e. The Morgan fingerprint density at radius 2 is 2.12 bits per heavy atom. The molecule has 6 heteroatoms. The van der Waals surface area contributed by atoms with E-state index in [1.54, 1.807) is 12.3 Å². The Kier molecular flexibility index (Phi) is 5.01. The third-order valence-corrected chi connectivity index (χ3v) is 4.63. The predicted octanol–water partition coefficient (Wildman–Crippen LogP) is 1.25. The Balaban J connectivity index is 1.62. The topological polar surface area (TPSA) is 82.7 Å². The summed E-state index contributed by atoms with van der Waals surface area (Å²) < 4.78 is 0. The van der Waals surface area contributed by atoms with Crippen LogP contribution in [-0.4, -0.2) is 53.2 Å². The molecule has 25 heavy (non-hydrogen) atoms. The first-order valence-electron chi connectivity index (χ1n) is 8.41. The molecule has 1 aromatic carbocycles. The van der Waals surface area contributed by atoms with Crippen LogP contribution in [0.5, 0.6) is 0 Å². The van der Waals surface area contributed by atoms with Gasteiger partial charge >= 0.3 is 0 Å². The van der Waals surface area contributed by atoms with Crippen LogP contribution in [0, 0.1) is 0 Å². The fourth-order valence-corrected chi connectivity index (χ4v) is 3.37. The quantitative estimate of drug-likeness (QED) is 0.827. The second-order valence-electron chi connectivity index (χ2n) is 6.79. The zero-order valence-electron chi connectivity index (χ0n) is 14.4. The molecule has 3 rings (SSSR count). The van der Waals surface area contributed by atoms with E-state index >= 15 is 0 Å². The molecule has 0 saturated carbocycles. The zero-order chi connectivity index (χ0) is 17.9. The van der Waals surface area contributed by atoms with E-state index in [4.69, 9.17) is 5.73 Å². The van der Waals surface area contributed by atoms with E-state index in [2.05, 4.69) is 22.0 Å². The number of likely N-dealkylation sites (tertiary alicyclic amines) is 1. The van der Waals surface area contributed by atoms with Crippen molar-refractivity contribution in [3.8, 4) is 0 Å². The number of rotatable bonds is 6. The lowest BCUT2D eigenvalue weighted by Gasteiger charge is -2.30. The number of primary amides is 1. The van der Waals surface area contributed by atoms with Crippen molar-refractivity contribution in [2.75, 3.05) is 31.6 Å². The molecule has 0 bridgehead atoms. The number of β-amino-alcohol motifs (C(OH)–C–C–N with tert-alkyl or cyclic N) is 1. The number of likely N-dealkylation sites (N-methyl/N-ethyl adjacent to an activating group) is 1. The van der Waals surface area contributed by atoms with E-state index in [0.717, 1.165) is 25.2 Å². The SMILES string of the molecule is CN(CC1(O)CCN(Cc2ccccc2)C1)c1ccnc(C(N)=O)c1. The van der Waals surface area contributed by atoms with Crippen LogP contribution >= 0.6 is 0 Å². The maximum atomic E-state index is 11.3. The van der Waals surface area contributed by atoms with Crippen LogP contribution in [0.15, 0.2) is 48.7 Å². The van der Waals surface area contributed by atoms with Gasteiger partial charge in [0.25, 0.3) is 5.91 Å². The molecule has 0 radical (unpaired) electrons. The molecule has 1 fully saturated rings. The summed E-state index contributed by atoms with van der Waals surface area (Å²) in [5.41, 5.74) is 6.81. The number of nitrogens with two attached hydrogens (primary N) is 1. The number of hydrogen-bond donors (Lipinski definition) is 2. The lowest BCUT2D eigenvalue weighted by molar-refractivity contribution is 0.0562. The Labute approximate surface area is 147 Å². The molecule has 1 saturated heterocycles. The van der Waals surface area contributed by atoms with E-state index < -0.39 is 11.5 Å². The van der Waals surface area contributed by atoms with Gasteiger partial charge < -0.3 is 15.7 Å². The number of aromatic nitrogens is 1. The number of carbonyl (C=O) groups excluding carboxylic acids is 1. The van der Waals surface area contributed by atoms with Crippen molar-refractivity contribution >= 4 is 11.6 Å². The number of pyridine rings is 1. The first kappa shape index (κ1) is 17.4. The minimum absolute atomic E-state index is 0.230. The van der Waals surface area contributed by atoms with Crippen molar-refractivity contribution in [2.45, 2.75) is 18.6 Å². The molecule has 2 heterocycles. The van der Waals surface area contributed by atoms with Crippen molar-refractivity contribution in [3.05, 3.63) is 59.9 Å². The molecule has 0 aliphatic carbocycles. The van der Waals surface area contributed by atoms with Crippen LogP contribution in [0.2, 0.25) is 0 Å². The summed E-state index contributed by atoms with van der Waals surface area (Å²) in [6.45, 7) is 2.82. The van der Waals surface area contributed by atoms with E-state index in [1.165, 1.54) is 5.56 Å². The first-order valence-corrected chi connectivity index (χ1v) is 8.41. The highest BCUT2D eigenvalue weighted by Gasteiger charge is 2.37. The van der Waals surface area contributed by atoms with E-state index in [9.17, 15) is 9.90 Å². The molecule has 3 N–H and O–H groups in total. The van der Waals surface area contributed by atoms with Gasteiger partial charge in [-0.05, 0) is 24.1 Å². The van der Waals surface area contributed by atoms with Gasteiger partial charge in [-0.3, -0.25) is 14.7 Å². The minimum Gasteiger partial charge on any atom is -0.387 e. The molecular formula is C19H24N4O2. The summed E-state index contributed by atoms with van der Waals surface area (Å²) in [4.78, 5) is 19.5. The Morgan fingerprint density at radius 3 is 2.84 bits per heavy atom. The molecular weight excluding hydrogens is 316 g/mol. The molecule has 0 spiro atoms. The van der Waals surface area contributed by atoms with Crippen molar-refractivity contribution in [1.82, 2.24) is 9.88 Å². The highest BCUT2D eigenvalue weighted by molar-refractivity contribution is 5.91.